The molecule has 0 aliphatic heterocycles. The maximum absolute atomic E-state index is 12.5. The number of hydrogen-bond acceptors (Lipinski definition) is 4. The van der Waals surface area contributed by atoms with Crippen molar-refractivity contribution in [3.05, 3.63) is 54.1 Å². The average Bonchev–Trinajstić information content (AvgIpc) is 3.09. The molecule has 9 nitrogen and oxygen atoms in total. The number of fused-ring (bicyclic) bond motifs is 1. The van der Waals surface area contributed by atoms with Gasteiger partial charge in [0.1, 0.15) is 0 Å². The molecule has 1 unspecified atom stereocenters. The number of hydrogen-bond donors (Lipinski definition) is 5. The Morgan fingerprint density at radius 1 is 1.12 bits per heavy atom. The predicted octanol–water partition coefficient (Wildman–Crippen LogP) is 1.15. The monoisotopic (exact) mass is 386 g/mol. The molecule has 134 valence electrons. The van der Waals surface area contributed by atoms with Gasteiger partial charge in [0.05, 0.1) is 18.1 Å². The lowest BCUT2D eigenvalue weighted by Gasteiger charge is -2.34. The van der Waals surface area contributed by atoms with Crippen molar-refractivity contribution in [2.24, 2.45) is 0 Å². The van der Waals surface area contributed by atoms with E-state index in [1.54, 1.807) is 6.07 Å². The summed E-state index contributed by atoms with van der Waals surface area (Å²) >= 11 is 0. The maximum atomic E-state index is 12.5. The first-order chi connectivity index (χ1) is 11.5. The molecule has 0 bridgehead atoms. The van der Waals surface area contributed by atoms with Crippen LogP contribution in [0.15, 0.2) is 43.0 Å². The molecular weight excluding hydrogens is 370 g/mol. The summed E-state index contributed by atoms with van der Waals surface area (Å²) < 4.78 is 26.1. The van der Waals surface area contributed by atoms with Gasteiger partial charge in [-0.15, -0.1) is 0 Å². The van der Waals surface area contributed by atoms with Gasteiger partial charge >= 0.3 is 15.2 Å². The summed E-state index contributed by atoms with van der Waals surface area (Å²) in [4.78, 5) is 41.2. The second-order valence-electron chi connectivity index (χ2n) is 5.71. The van der Waals surface area contributed by atoms with Crippen molar-refractivity contribution in [1.82, 2.24) is 9.55 Å². The molecule has 11 heteroatoms. The van der Waals surface area contributed by atoms with Gasteiger partial charge in [-0.3, -0.25) is 9.13 Å². The van der Waals surface area contributed by atoms with Crippen LogP contribution in [-0.4, -0.2) is 40.3 Å². The fourth-order valence-electron chi connectivity index (χ4n) is 3.36. The van der Waals surface area contributed by atoms with Crippen LogP contribution in [0.2, 0.25) is 0 Å². The van der Waals surface area contributed by atoms with Crippen LogP contribution in [-0.2, 0) is 14.0 Å². The molecule has 0 amide bonds. The third-order valence-electron chi connectivity index (χ3n) is 4.20. The molecule has 1 aliphatic carbocycles. The summed E-state index contributed by atoms with van der Waals surface area (Å²) in [6.45, 7) is 1.36. The molecule has 1 heterocycles. The molecule has 25 heavy (non-hydrogen) atoms. The maximum Gasteiger partial charge on any atom is 0.354 e. The van der Waals surface area contributed by atoms with Crippen molar-refractivity contribution in [2.75, 3.05) is 0 Å². The van der Waals surface area contributed by atoms with E-state index in [1.807, 2.05) is 0 Å². The number of allylic oxidation sites excluding steroid dienone is 1. The highest BCUT2D eigenvalue weighted by atomic mass is 31.2. The normalized spacial score (nSPS) is 18.3. The SMILES string of the molecule is CC(O)C1=C(n2ccnc2)C(P(=O)(O)O)(P(=O)(O)O)c2ccccc21. The summed E-state index contributed by atoms with van der Waals surface area (Å²) in [6.07, 6.45) is 2.55. The Bertz CT molecular complexity index is 918. The summed E-state index contributed by atoms with van der Waals surface area (Å²) in [5.74, 6) is 0. The number of imidazole rings is 1. The Labute approximate surface area is 142 Å². The van der Waals surface area contributed by atoms with Crippen molar-refractivity contribution < 1.29 is 33.8 Å². The summed E-state index contributed by atoms with van der Waals surface area (Å²) in [7, 11) is -10.9. The van der Waals surface area contributed by atoms with Crippen molar-refractivity contribution in [3.8, 4) is 0 Å². The molecule has 1 aliphatic rings. The second-order valence-corrected chi connectivity index (χ2v) is 9.58. The van der Waals surface area contributed by atoms with Gasteiger partial charge in [0.2, 0.25) is 4.90 Å². The number of aliphatic hydroxyl groups is 1. The van der Waals surface area contributed by atoms with E-state index in [0.29, 0.717) is 0 Å². The summed E-state index contributed by atoms with van der Waals surface area (Å²) in [5, 5.41) is 10.2. The molecular formula is C14H16N2O7P2. The Kier molecular flexibility index (Phi) is 4.17. The molecule has 0 radical (unpaired) electrons. The minimum absolute atomic E-state index is 0.0280. The zero-order valence-electron chi connectivity index (χ0n) is 13.0. The highest BCUT2D eigenvalue weighted by Gasteiger charge is 2.68. The third-order valence-corrected chi connectivity index (χ3v) is 8.36. The van der Waals surface area contributed by atoms with Crippen LogP contribution in [0.4, 0.5) is 0 Å². The van der Waals surface area contributed by atoms with Crippen LogP contribution in [0, 0.1) is 0 Å². The minimum atomic E-state index is -5.45. The van der Waals surface area contributed by atoms with Crippen molar-refractivity contribution in [1.29, 1.82) is 0 Å². The zero-order chi connectivity index (χ0) is 18.6. The molecule has 0 saturated carbocycles. The van der Waals surface area contributed by atoms with Gasteiger partial charge in [-0.1, -0.05) is 24.3 Å². The van der Waals surface area contributed by atoms with Gasteiger partial charge in [0.15, 0.2) is 0 Å². The number of aromatic nitrogens is 2. The van der Waals surface area contributed by atoms with Gasteiger partial charge < -0.3 is 29.2 Å². The first-order valence-corrected chi connectivity index (χ1v) is 10.4. The highest BCUT2D eigenvalue weighted by molar-refractivity contribution is 7.72. The van der Waals surface area contributed by atoms with Crippen molar-refractivity contribution in [2.45, 2.75) is 17.9 Å². The van der Waals surface area contributed by atoms with Gasteiger partial charge in [-0.25, -0.2) is 4.98 Å². The van der Waals surface area contributed by atoms with Crippen LogP contribution in [0.5, 0.6) is 0 Å². The van der Waals surface area contributed by atoms with Crippen molar-refractivity contribution in [3.63, 3.8) is 0 Å². The Balaban J connectivity index is 2.60. The molecule has 1 atom stereocenters. The first kappa shape index (κ1) is 18.2. The second kappa shape index (κ2) is 5.72. The molecule has 1 aromatic heterocycles. The molecule has 0 fully saturated rings. The quantitative estimate of drug-likeness (QED) is 0.491. The van der Waals surface area contributed by atoms with Gasteiger partial charge in [0.25, 0.3) is 0 Å². The van der Waals surface area contributed by atoms with Gasteiger partial charge in [-0.2, -0.15) is 0 Å². The Morgan fingerprint density at radius 2 is 1.72 bits per heavy atom. The van der Waals surface area contributed by atoms with E-state index >= 15 is 0 Å². The minimum Gasteiger partial charge on any atom is -0.389 e. The number of rotatable bonds is 4. The van der Waals surface area contributed by atoms with E-state index in [4.69, 9.17) is 0 Å². The zero-order valence-corrected chi connectivity index (χ0v) is 14.7. The Hall–Kier alpha value is -1.57. The van der Waals surface area contributed by atoms with E-state index in [0.717, 1.165) is 4.57 Å². The molecule has 1 aromatic carbocycles. The van der Waals surface area contributed by atoms with E-state index in [1.165, 1.54) is 43.8 Å². The van der Waals surface area contributed by atoms with E-state index < -0.39 is 26.2 Å². The van der Waals surface area contributed by atoms with Crippen LogP contribution >= 0.6 is 15.2 Å². The molecule has 2 aromatic rings. The number of benzene rings is 1. The van der Waals surface area contributed by atoms with E-state index in [2.05, 4.69) is 4.98 Å². The summed E-state index contributed by atoms with van der Waals surface area (Å²) in [6, 6.07) is 5.69. The van der Waals surface area contributed by atoms with Gasteiger partial charge in [0, 0.05) is 18.0 Å². The average molecular weight is 386 g/mol. The lowest BCUT2D eigenvalue weighted by Crippen LogP contribution is -2.28. The highest BCUT2D eigenvalue weighted by Crippen LogP contribution is 2.81. The fourth-order valence-corrected chi connectivity index (χ4v) is 6.76. The lowest BCUT2D eigenvalue weighted by molar-refractivity contribution is 0.253. The molecule has 0 saturated heterocycles. The topological polar surface area (TPSA) is 153 Å². The summed E-state index contributed by atoms with van der Waals surface area (Å²) in [5.41, 5.74) is -0.396. The van der Waals surface area contributed by atoms with E-state index in [9.17, 15) is 33.8 Å². The van der Waals surface area contributed by atoms with E-state index in [-0.39, 0.29) is 22.4 Å². The fraction of sp³-hybridized carbons (Fsp3) is 0.214. The molecule has 0 spiro atoms. The Morgan fingerprint density at radius 3 is 2.20 bits per heavy atom. The first-order valence-electron chi connectivity index (χ1n) is 7.15. The predicted molar refractivity (Wildman–Crippen MR) is 89.2 cm³/mol. The third kappa shape index (κ3) is 2.40. The van der Waals surface area contributed by atoms with Crippen LogP contribution in [0.1, 0.15) is 18.1 Å². The molecule has 5 N–H and O–H groups in total. The van der Waals surface area contributed by atoms with Crippen LogP contribution in [0.25, 0.3) is 11.3 Å². The lowest BCUT2D eigenvalue weighted by atomic mass is 10.0. The smallest absolute Gasteiger partial charge is 0.354 e. The number of aliphatic hydroxyl groups excluding tert-OH is 1. The largest absolute Gasteiger partial charge is 0.389 e. The van der Waals surface area contributed by atoms with Crippen molar-refractivity contribution >= 4 is 26.5 Å². The standard InChI is InChI=1S/C14H16N2O7P2/c1-9(17)12-10-4-2-3-5-11(10)14(24(18,19)20,25(21,22)23)13(12)16-7-6-15-8-16/h2-9,17H,1H3,(H2,18,19,20)(H2,21,22,23). The number of nitrogens with zero attached hydrogens (tertiary/aromatic N) is 2. The van der Waals surface area contributed by atoms with Gasteiger partial charge in [-0.05, 0) is 18.1 Å². The molecule has 3 rings (SSSR count). The van der Waals surface area contributed by atoms with Crippen LogP contribution < -0.4 is 0 Å². The van der Waals surface area contributed by atoms with Crippen LogP contribution in [0.3, 0.4) is 0 Å².